The van der Waals surface area contributed by atoms with Crippen molar-refractivity contribution in [3.8, 4) is 5.75 Å². The van der Waals surface area contributed by atoms with Crippen LogP contribution < -0.4 is 9.64 Å². The maximum atomic E-state index is 13.1. The summed E-state index contributed by atoms with van der Waals surface area (Å²) in [7, 11) is 0. The molecule has 5 nitrogen and oxygen atoms in total. The van der Waals surface area contributed by atoms with E-state index in [1.54, 1.807) is 0 Å². The molecule has 1 fully saturated rings. The fraction of sp³-hybridized carbons (Fsp3) is 0.394. The van der Waals surface area contributed by atoms with Gasteiger partial charge in [0, 0.05) is 31.1 Å². The van der Waals surface area contributed by atoms with Crippen LogP contribution in [0.25, 0.3) is 11.0 Å². The predicted molar refractivity (Wildman–Crippen MR) is 155 cm³/mol. The smallest absolute Gasteiger partial charge is 0.227 e. The van der Waals surface area contributed by atoms with Gasteiger partial charge < -0.3 is 14.2 Å². The van der Waals surface area contributed by atoms with Crippen LogP contribution >= 0.6 is 0 Å². The molecule has 0 N–H and O–H groups in total. The van der Waals surface area contributed by atoms with Crippen LogP contribution in [0.3, 0.4) is 0 Å². The number of aromatic nitrogens is 2. The van der Waals surface area contributed by atoms with Crippen molar-refractivity contribution in [2.24, 2.45) is 0 Å². The molecule has 0 saturated carbocycles. The Morgan fingerprint density at radius 2 is 1.82 bits per heavy atom. The van der Waals surface area contributed by atoms with Crippen molar-refractivity contribution in [2.75, 3.05) is 18.1 Å². The van der Waals surface area contributed by atoms with Gasteiger partial charge in [0.15, 0.2) is 0 Å². The topological polar surface area (TPSA) is 47.4 Å². The third kappa shape index (κ3) is 5.47. The number of fused-ring (bicyclic) bond motifs is 1. The number of aryl methyl sites for hydroxylation is 3. The van der Waals surface area contributed by atoms with Gasteiger partial charge in [-0.25, -0.2) is 4.98 Å². The second-order valence-corrected chi connectivity index (χ2v) is 10.7. The van der Waals surface area contributed by atoms with Crippen molar-refractivity contribution in [2.45, 2.75) is 71.8 Å². The first-order valence-electron chi connectivity index (χ1n) is 14.0. The molecule has 1 saturated heterocycles. The van der Waals surface area contributed by atoms with Crippen molar-refractivity contribution in [3.63, 3.8) is 0 Å². The normalized spacial score (nSPS) is 16.4. The van der Waals surface area contributed by atoms with E-state index >= 15 is 0 Å². The quantitative estimate of drug-likeness (QED) is 0.207. The van der Waals surface area contributed by atoms with E-state index in [-0.39, 0.29) is 11.8 Å². The van der Waals surface area contributed by atoms with Gasteiger partial charge >= 0.3 is 0 Å². The zero-order valence-corrected chi connectivity index (χ0v) is 23.1. The molecule has 0 radical (unpaired) electrons. The van der Waals surface area contributed by atoms with Gasteiger partial charge in [-0.1, -0.05) is 50.2 Å². The maximum absolute atomic E-state index is 13.1. The van der Waals surface area contributed by atoms with E-state index in [0.717, 1.165) is 59.7 Å². The largest absolute Gasteiger partial charge is 0.494 e. The first kappa shape index (κ1) is 26.0. The highest BCUT2D eigenvalue weighted by molar-refractivity contribution is 5.97. The maximum Gasteiger partial charge on any atom is 0.227 e. The molecule has 0 aliphatic carbocycles. The minimum atomic E-state index is 0.0788. The van der Waals surface area contributed by atoms with Crippen LogP contribution in [0.15, 0.2) is 66.7 Å². The molecule has 2 unspecified atom stereocenters. The number of unbranched alkanes of at least 4 members (excludes halogenated alkanes) is 1. The number of anilines is 1. The molecular weight excluding hydrogens is 470 g/mol. The molecule has 198 valence electrons. The van der Waals surface area contributed by atoms with Crippen LogP contribution in [-0.2, 0) is 11.3 Å². The molecule has 5 rings (SSSR count). The zero-order valence-electron chi connectivity index (χ0n) is 23.1. The number of amides is 1. The van der Waals surface area contributed by atoms with E-state index < -0.39 is 0 Å². The lowest BCUT2D eigenvalue weighted by atomic mass is 9.99. The second kappa shape index (κ2) is 11.4. The van der Waals surface area contributed by atoms with Crippen LogP contribution in [0.1, 0.15) is 73.9 Å². The molecule has 2 atom stereocenters. The van der Waals surface area contributed by atoms with Crippen molar-refractivity contribution in [1.29, 1.82) is 0 Å². The number of rotatable bonds is 10. The summed E-state index contributed by atoms with van der Waals surface area (Å²) >= 11 is 0. The molecular formula is C33H39N3O2. The summed E-state index contributed by atoms with van der Waals surface area (Å²) in [6, 6.07) is 23.2. The first-order valence-corrected chi connectivity index (χ1v) is 14.0. The Morgan fingerprint density at radius 1 is 1.03 bits per heavy atom. The van der Waals surface area contributed by atoms with Gasteiger partial charge in [-0.2, -0.15) is 0 Å². The van der Waals surface area contributed by atoms with E-state index in [9.17, 15) is 4.79 Å². The first-order chi connectivity index (χ1) is 18.4. The van der Waals surface area contributed by atoms with Gasteiger partial charge in [0.25, 0.3) is 0 Å². The number of hydrogen-bond acceptors (Lipinski definition) is 3. The summed E-state index contributed by atoms with van der Waals surface area (Å²) in [5, 5.41) is 0. The third-order valence-electron chi connectivity index (χ3n) is 7.94. The molecule has 1 aliphatic heterocycles. The fourth-order valence-corrected chi connectivity index (χ4v) is 5.45. The summed E-state index contributed by atoms with van der Waals surface area (Å²) in [5.41, 5.74) is 6.82. The molecule has 1 aliphatic rings. The molecule has 0 bridgehead atoms. The number of benzene rings is 3. The predicted octanol–water partition coefficient (Wildman–Crippen LogP) is 7.55. The Bertz CT molecular complexity index is 1410. The third-order valence-corrected chi connectivity index (χ3v) is 7.94. The molecule has 5 heteroatoms. The molecule has 38 heavy (non-hydrogen) atoms. The number of carbonyl (C=O) groups excluding carboxylic acids is 1. The molecule has 1 amide bonds. The van der Waals surface area contributed by atoms with Crippen molar-refractivity contribution in [3.05, 3.63) is 89.2 Å². The van der Waals surface area contributed by atoms with Crippen molar-refractivity contribution < 1.29 is 9.53 Å². The number of ether oxygens (including phenoxy) is 1. The van der Waals surface area contributed by atoms with Crippen molar-refractivity contribution in [1.82, 2.24) is 9.55 Å². The number of imidazole rings is 1. The van der Waals surface area contributed by atoms with E-state index in [4.69, 9.17) is 9.72 Å². The van der Waals surface area contributed by atoms with Gasteiger partial charge in [-0.05, 0) is 86.1 Å². The summed E-state index contributed by atoms with van der Waals surface area (Å²) in [6.07, 6.45) is 3.58. The van der Waals surface area contributed by atoms with E-state index in [2.05, 4.69) is 92.9 Å². The molecule has 3 aromatic carbocycles. The SMILES string of the molecule is CCC(C)c1ccc(OCCCCn2c(C3CC(=O)N(c4cc(C)ccc4C)C3)nc3ccccc32)cc1. The summed E-state index contributed by atoms with van der Waals surface area (Å²) in [6.45, 7) is 10.8. The van der Waals surface area contributed by atoms with Crippen LogP contribution in [0.2, 0.25) is 0 Å². The lowest BCUT2D eigenvalue weighted by molar-refractivity contribution is -0.117. The van der Waals surface area contributed by atoms with Crippen molar-refractivity contribution >= 4 is 22.6 Å². The highest BCUT2D eigenvalue weighted by Crippen LogP contribution is 2.35. The van der Waals surface area contributed by atoms with E-state index in [1.165, 1.54) is 11.1 Å². The average Bonchev–Trinajstić information content (AvgIpc) is 3.50. The van der Waals surface area contributed by atoms with Gasteiger partial charge in [0.1, 0.15) is 11.6 Å². The van der Waals surface area contributed by atoms with Crippen LogP contribution in [-0.4, -0.2) is 28.6 Å². The van der Waals surface area contributed by atoms with Crippen LogP contribution in [0.4, 0.5) is 5.69 Å². The fourth-order valence-electron chi connectivity index (χ4n) is 5.45. The highest BCUT2D eigenvalue weighted by Gasteiger charge is 2.35. The Balaban J connectivity index is 1.25. The molecule has 2 heterocycles. The summed E-state index contributed by atoms with van der Waals surface area (Å²) < 4.78 is 8.37. The summed E-state index contributed by atoms with van der Waals surface area (Å²) in [5.74, 6) is 2.78. The Labute approximate surface area is 226 Å². The zero-order chi connectivity index (χ0) is 26.6. The monoisotopic (exact) mass is 509 g/mol. The summed E-state index contributed by atoms with van der Waals surface area (Å²) in [4.78, 5) is 20.1. The van der Waals surface area contributed by atoms with Gasteiger partial charge in [-0.3, -0.25) is 4.79 Å². The number of hydrogen-bond donors (Lipinski definition) is 0. The van der Waals surface area contributed by atoms with E-state index in [0.29, 0.717) is 25.5 Å². The minimum Gasteiger partial charge on any atom is -0.494 e. The van der Waals surface area contributed by atoms with Crippen LogP contribution in [0.5, 0.6) is 5.75 Å². The Hall–Kier alpha value is -3.60. The molecule has 1 aromatic heterocycles. The average molecular weight is 510 g/mol. The number of carbonyl (C=O) groups is 1. The second-order valence-electron chi connectivity index (χ2n) is 10.7. The standard InChI is InChI=1S/C33H39N3O2/c1-5-24(3)26-14-16-28(17-15-26)38-19-9-8-18-35-30-11-7-6-10-29(30)34-33(35)27-21-32(37)36(22-27)31-20-23(2)12-13-25(31)4/h6-7,10-17,20,24,27H,5,8-9,18-19,21-22H2,1-4H3. The number of para-hydroxylation sites is 2. The Morgan fingerprint density at radius 3 is 2.61 bits per heavy atom. The van der Waals surface area contributed by atoms with E-state index in [1.807, 2.05) is 11.0 Å². The van der Waals surface area contributed by atoms with Gasteiger partial charge in [0.05, 0.1) is 17.6 Å². The van der Waals surface area contributed by atoms with Gasteiger partial charge in [0.2, 0.25) is 5.91 Å². The lowest BCUT2D eigenvalue weighted by Crippen LogP contribution is -2.25. The minimum absolute atomic E-state index is 0.0788. The number of nitrogens with zero attached hydrogens (tertiary/aromatic N) is 3. The van der Waals surface area contributed by atoms with Gasteiger partial charge in [-0.15, -0.1) is 0 Å². The Kier molecular flexibility index (Phi) is 7.82. The molecule has 4 aromatic rings. The lowest BCUT2D eigenvalue weighted by Gasteiger charge is -2.20. The molecule has 0 spiro atoms. The highest BCUT2D eigenvalue weighted by atomic mass is 16.5. The van der Waals surface area contributed by atoms with Crippen LogP contribution in [0, 0.1) is 13.8 Å².